The highest BCUT2D eigenvalue weighted by molar-refractivity contribution is 14.1. The highest BCUT2D eigenvalue weighted by Crippen LogP contribution is 2.35. The van der Waals surface area contributed by atoms with Crippen molar-refractivity contribution in [2.75, 3.05) is 18.1 Å². The highest BCUT2D eigenvalue weighted by atomic mass is 127. The number of carbonyl (C=O) groups excluding carboxylic acids is 3. The standard InChI is InChI=1S/C21H16ClIN2O7/c1-2-31-16-9-11(8-14(23)18(16)32-10-17(26)27)7-12-19(28)24-21(30)25(20(12)29)15-6-4-3-5-13(15)22/h3-9H,2,10H2,1H3,(H,26,27)(H,24,28,30)/b12-7+. The minimum atomic E-state index is -1.15. The van der Waals surface area contributed by atoms with Crippen LogP contribution in [0, 0.1) is 3.57 Å². The number of imide groups is 2. The molecule has 3 rings (SSSR count). The summed E-state index contributed by atoms with van der Waals surface area (Å²) in [6.45, 7) is 1.45. The van der Waals surface area contributed by atoms with Crippen LogP contribution in [0.2, 0.25) is 5.02 Å². The first-order chi connectivity index (χ1) is 15.2. The molecule has 1 saturated heterocycles. The predicted molar refractivity (Wildman–Crippen MR) is 124 cm³/mol. The molecule has 1 fully saturated rings. The highest BCUT2D eigenvalue weighted by Gasteiger charge is 2.37. The van der Waals surface area contributed by atoms with Gasteiger partial charge in [0.05, 0.1) is 20.9 Å². The van der Waals surface area contributed by atoms with E-state index < -0.39 is 30.4 Å². The number of nitrogens with one attached hydrogen (secondary N) is 1. The number of para-hydroxylation sites is 1. The van der Waals surface area contributed by atoms with Gasteiger partial charge >= 0.3 is 12.0 Å². The number of barbiturate groups is 1. The summed E-state index contributed by atoms with van der Waals surface area (Å²) in [4.78, 5) is 49.4. The van der Waals surface area contributed by atoms with Gasteiger partial charge in [-0.3, -0.25) is 14.9 Å². The van der Waals surface area contributed by atoms with Crippen LogP contribution in [-0.4, -0.2) is 42.1 Å². The van der Waals surface area contributed by atoms with E-state index >= 15 is 0 Å². The molecule has 11 heteroatoms. The molecule has 0 spiro atoms. The van der Waals surface area contributed by atoms with Crippen LogP contribution in [0.5, 0.6) is 11.5 Å². The third-order valence-corrected chi connectivity index (χ3v) is 5.30. The van der Waals surface area contributed by atoms with E-state index in [1.54, 1.807) is 25.1 Å². The van der Waals surface area contributed by atoms with Crippen molar-refractivity contribution in [3.63, 3.8) is 0 Å². The summed E-state index contributed by atoms with van der Waals surface area (Å²) in [6, 6.07) is 8.44. The number of carbonyl (C=O) groups is 4. The second-order valence-electron chi connectivity index (χ2n) is 6.35. The summed E-state index contributed by atoms with van der Waals surface area (Å²) in [5, 5.41) is 11.2. The number of urea groups is 1. The van der Waals surface area contributed by atoms with Crippen molar-refractivity contribution in [3.8, 4) is 11.5 Å². The molecule has 0 atom stereocenters. The first kappa shape index (κ1) is 23.5. The molecule has 32 heavy (non-hydrogen) atoms. The van der Waals surface area contributed by atoms with Crippen LogP contribution >= 0.6 is 34.2 Å². The molecule has 2 aromatic carbocycles. The lowest BCUT2D eigenvalue weighted by Gasteiger charge is -2.27. The zero-order valence-electron chi connectivity index (χ0n) is 16.6. The van der Waals surface area contributed by atoms with Crippen LogP contribution in [0.4, 0.5) is 10.5 Å². The van der Waals surface area contributed by atoms with Gasteiger partial charge in [-0.25, -0.2) is 14.5 Å². The lowest BCUT2D eigenvalue weighted by atomic mass is 10.1. The van der Waals surface area contributed by atoms with Gasteiger partial charge < -0.3 is 14.6 Å². The second-order valence-corrected chi connectivity index (χ2v) is 7.92. The Morgan fingerprint density at radius 2 is 1.94 bits per heavy atom. The molecular weight excluding hydrogens is 555 g/mol. The minimum Gasteiger partial charge on any atom is -0.490 e. The third-order valence-electron chi connectivity index (χ3n) is 4.18. The number of benzene rings is 2. The van der Waals surface area contributed by atoms with Crippen molar-refractivity contribution < 1.29 is 33.8 Å². The molecule has 0 aliphatic carbocycles. The number of rotatable bonds is 7. The molecule has 166 valence electrons. The fourth-order valence-corrected chi connectivity index (χ4v) is 3.89. The number of hydrogen-bond acceptors (Lipinski definition) is 6. The molecule has 1 heterocycles. The fraction of sp³-hybridized carbons (Fsp3) is 0.143. The molecule has 1 aliphatic heterocycles. The number of anilines is 1. The molecule has 0 bridgehead atoms. The molecule has 2 aromatic rings. The number of halogens is 2. The number of nitrogens with zero attached hydrogens (tertiary/aromatic N) is 1. The van der Waals surface area contributed by atoms with E-state index in [1.165, 1.54) is 24.3 Å². The maximum Gasteiger partial charge on any atom is 0.341 e. The smallest absolute Gasteiger partial charge is 0.341 e. The van der Waals surface area contributed by atoms with Crippen molar-refractivity contribution in [1.29, 1.82) is 0 Å². The van der Waals surface area contributed by atoms with Crippen molar-refractivity contribution in [1.82, 2.24) is 5.32 Å². The molecule has 0 aromatic heterocycles. The van der Waals surface area contributed by atoms with Gasteiger partial charge in [-0.1, -0.05) is 23.7 Å². The topological polar surface area (TPSA) is 122 Å². The lowest BCUT2D eigenvalue weighted by Crippen LogP contribution is -2.54. The molecule has 0 radical (unpaired) electrons. The summed E-state index contributed by atoms with van der Waals surface area (Å²) in [7, 11) is 0. The van der Waals surface area contributed by atoms with Crippen LogP contribution in [-0.2, 0) is 14.4 Å². The molecule has 2 N–H and O–H groups in total. The van der Waals surface area contributed by atoms with E-state index in [9.17, 15) is 19.2 Å². The van der Waals surface area contributed by atoms with Crippen molar-refractivity contribution >= 4 is 69.8 Å². The van der Waals surface area contributed by atoms with Crippen LogP contribution < -0.4 is 19.7 Å². The quantitative estimate of drug-likeness (QED) is 0.297. The maximum atomic E-state index is 13.0. The normalized spacial score (nSPS) is 15.0. The largest absolute Gasteiger partial charge is 0.490 e. The number of carboxylic acid groups (broad SMARTS) is 1. The Bertz CT molecular complexity index is 1150. The average molecular weight is 571 g/mol. The Labute approximate surface area is 201 Å². The minimum absolute atomic E-state index is 0.136. The van der Waals surface area contributed by atoms with E-state index in [0.29, 0.717) is 9.13 Å². The summed E-state index contributed by atoms with van der Waals surface area (Å²) >= 11 is 8.06. The summed E-state index contributed by atoms with van der Waals surface area (Å²) in [5.74, 6) is -2.38. The maximum absolute atomic E-state index is 13.0. The predicted octanol–water partition coefficient (Wildman–Crippen LogP) is 3.47. The van der Waals surface area contributed by atoms with Crippen molar-refractivity contribution in [3.05, 3.63) is 56.1 Å². The molecular formula is C21H16ClIN2O7. The van der Waals surface area contributed by atoms with Crippen LogP contribution in [0.3, 0.4) is 0 Å². The summed E-state index contributed by atoms with van der Waals surface area (Å²) in [6.07, 6.45) is 1.31. The third kappa shape index (κ3) is 5.02. The van der Waals surface area contributed by atoms with E-state index in [1.807, 2.05) is 22.6 Å². The van der Waals surface area contributed by atoms with Gasteiger partial charge in [0.15, 0.2) is 18.1 Å². The van der Waals surface area contributed by atoms with Gasteiger partial charge in [-0.2, -0.15) is 0 Å². The second kappa shape index (κ2) is 10.0. The van der Waals surface area contributed by atoms with E-state index in [-0.39, 0.29) is 34.4 Å². The number of carboxylic acids is 1. The number of hydrogen-bond donors (Lipinski definition) is 2. The van der Waals surface area contributed by atoms with Crippen molar-refractivity contribution in [2.24, 2.45) is 0 Å². The molecule has 9 nitrogen and oxygen atoms in total. The van der Waals surface area contributed by atoms with Gasteiger partial charge in [-0.15, -0.1) is 0 Å². The Balaban J connectivity index is 2.03. The zero-order chi connectivity index (χ0) is 23.4. The van der Waals surface area contributed by atoms with Gasteiger partial charge in [0, 0.05) is 0 Å². The number of amides is 4. The van der Waals surface area contributed by atoms with Gasteiger partial charge in [0.1, 0.15) is 5.57 Å². The van der Waals surface area contributed by atoms with Gasteiger partial charge in [0.2, 0.25) is 0 Å². The van der Waals surface area contributed by atoms with Crippen LogP contribution in [0.15, 0.2) is 42.0 Å². The Kier molecular flexibility index (Phi) is 7.36. The first-order valence-electron chi connectivity index (χ1n) is 9.19. The van der Waals surface area contributed by atoms with Gasteiger partial charge in [-0.05, 0) is 65.4 Å². The Hall–Kier alpha value is -3.12. The Morgan fingerprint density at radius 3 is 2.59 bits per heavy atom. The molecule has 0 saturated carbocycles. The first-order valence-corrected chi connectivity index (χ1v) is 10.7. The summed E-state index contributed by atoms with van der Waals surface area (Å²) in [5.41, 5.74) is 0.256. The Morgan fingerprint density at radius 1 is 1.22 bits per heavy atom. The SMILES string of the molecule is CCOc1cc(/C=C2\C(=O)NC(=O)N(c3ccccc3Cl)C2=O)cc(I)c1OCC(=O)O. The molecule has 4 amide bonds. The van der Waals surface area contributed by atoms with Crippen LogP contribution in [0.1, 0.15) is 12.5 Å². The van der Waals surface area contributed by atoms with Gasteiger partial charge in [0.25, 0.3) is 11.8 Å². The average Bonchev–Trinajstić information content (AvgIpc) is 2.72. The fourth-order valence-electron chi connectivity index (χ4n) is 2.88. The van der Waals surface area contributed by atoms with E-state index in [4.69, 9.17) is 26.2 Å². The number of aliphatic carboxylic acids is 1. The lowest BCUT2D eigenvalue weighted by molar-refractivity contribution is -0.139. The summed E-state index contributed by atoms with van der Waals surface area (Å²) < 4.78 is 11.3. The zero-order valence-corrected chi connectivity index (χ0v) is 19.5. The number of ether oxygens (including phenoxy) is 2. The monoisotopic (exact) mass is 570 g/mol. The molecule has 1 aliphatic rings. The van der Waals surface area contributed by atoms with Crippen molar-refractivity contribution in [2.45, 2.75) is 6.92 Å². The molecule has 0 unspecified atom stereocenters. The van der Waals surface area contributed by atoms with E-state index in [0.717, 1.165) is 4.90 Å². The van der Waals surface area contributed by atoms with E-state index in [2.05, 4.69) is 5.32 Å². The van der Waals surface area contributed by atoms with Crippen LogP contribution in [0.25, 0.3) is 6.08 Å².